The summed E-state index contributed by atoms with van der Waals surface area (Å²) in [6, 6.07) is 9.48. The number of carbonyl (C=O) groups is 1. The molecule has 0 heterocycles. The van der Waals surface area contributed by atoms with E-state index in [1.165, 1.54) is 0 Å². The highest BCUT2D eigenvalue weighted by atomic mass is 16.1. The number of hydrogen-bond acceptors (Lipinski definition) is 1. The summed E-state index contributed by atoms with van der Waals surface area (Å²) in [7, 11) is 0.994. The van der Waals surface area contributed by atoms with Crippen molar-refractivity contribution < 1.29 is 4.79 Å². The molecule has 0 N–H and O–H groups in total. The van der Waals surface area contributed by atoms with Crippen LogP contribution in [0.3, 0.4) is 0 Å². The third-order valence-corrected chi connectivity index (χ3v) is 1.85. The predicted molar refractivity (Wildman–Crippen MR) is 53.2 cm³/mol. The van der Waals surface area contributed by atoms with Gasteiger partial charge in [-0.3, -0.25) is 4.79 Å². The normalized spacial score (nSPS) is 9.42. The average Bonchev–Trinajstić information content (AvgIpc) is 2.15. The Hall–Kier alpha value is -1.05. The molecule has 0 amide bonds. The van der Waals surface area contributed by atoms with E-state index >= 15 is 0 Å². The highest BCUT2D eigenvalue weighted by molar-refractivity contribution is 6.42. The minimum Gasteiger partial charge on any atom is -0.295 e. The Labute approximate surface area is 74.0 Å². The molecular weight excluding hydrogens is 147 g/mol. The maximum atomic E-state index is 11.4. The van der Waals surface area contributed by atoms with E-state index in [2.05, 4.69) is 6.92 Å². The molecule has 1 nitrogen and oxygen atoms in total. The summed E-state index contributed by atoms with van der Waals surface area (Å²) in [5, 5.41) is 0. The van der Waals surface area contributed by atoms with Gasteiger partial charge >= 0.3 is 0 Å². The van der Waals surface area contributed by atoms with E-state index in [0.717, 1.165) is 19.2 Å². The maximum Gasteiger partial charge on any atom is 0.155 e. The summed E-state index contributed by atoms with van der Waals surface area (Å²) >= 11 is 0. The molecular formula is C10H13BO. The monoisotopic (exact) mass is 160 g/mol. The molecule has 1 aromatic rings. The number of hydrogen-bond donors (Lipinski definition) is 0. The molecule has 0 radical (unpaired) electrons. The van der Waals surface area contributed by atoms with Crippen molar-refractivity contribution in [1.29, 1.82) is 0 Å². The molecule has 0 unspecified atom stereocenters. The molecule has 0 spiro atoms. The van der Waals surface area contributed by atoms with Gasteiger partial charge in [0.1, 0.15) is 7.28 Å². The summed E-state index contributed by atoms with van der Waals surface area (Å²) < 4.78 is 0. The zero-order valence-electron chi connectivity index (χ0n) is 7.42. The Morgan fingerprint density at radius 2 is 2.00 bits per heavy atom. The van der Waals surface area contributed by atoms with Crippen molar-refractivity contribution in [2.24, 2.45) is 0 Å². The predicted octanol–water partition coefficient (Wildman–Crippen LogP) is 2.16. The first kappa shape index (κ1) is 9.05. The second-order valence-corrected chi connectivity index (χ2v) is 2.89. The molecule has 0 aliphatic carbocycles. The molecule has 0 atom stereocenters. The Bertz CT molecular complexity index is 243. The zero-order chi connectivity index (χ0) is 8.81. The lowest BCUT2D eigenvalue weighted by Crippen LogP contribution is -2.01. The van der Waals surface area contributed by atoms with Gasteiger partial charge in [-0.25, -0.2) is 0 Å². The molecule has 0 aliphatic heterocycles. The third kappa shape index (κ3) is 2.53. The van der Waals surface area contributed by atoms with Crippen molar-refractivity contribution in [3.63, 3.8) is 0 Å². The number of benzene rings is 1. The van der Waals surface area contributed by atoms with Crippen LogP contribution in [0.15, 0.2) is 30.3 Å². The SMILES string of the molecule is CCBCC(=O)c1ccccc1. The number of Topliss-reactive ketones (excluding diaryl/α,β-unsaturated/α-hetero) is 1. The third-order valence-electron chi connectivity index (χ3n) is 1.85. The minimum absolute atomic E-state index is 0.262. The highest BCUT2D eigenvalue weighted by Crippen LogP contribution is 2.03. The smallest absolute Gasteiger partial charge is 0.155 e. The Balaban J connectivity index is 2.54. The molecule has 0 bridgehead atoms. The van der Waals surface area contributed by atoms with Crippen molar-refractivity contribution in [3.05, 3.63) is 35.9 Å². The van der Waals surface area contributed by atoms with Crippen LogP contribution in [-0.4, -0.2) is 13.1 Å². The van der Waals surface area contributed by atoms with Gasteiger partial charge < -0.3 is 0 Å². The van der Waals surface area contributed by atoms with E-state index in [0.29, 0.717) is 6.32 Å². The number of carbonyl (C=O) groups excluding carboxylic acids is 1. The van der Waals surface area contributed by atoms with Crippen molar-refractivity contribution in [2.75, 3.05) is 0 Å². The first-order chi connectivity index (χ1) is 5.84. The van der Waals surface area contributed by atoms with Crippen LogP contribution < -0.4 is 0 Å². The molecule has 12 heavy (non-hydrogen) atoms. The van der Waals surface area contributed by atoms with E-state index in [1.807, 2.05) is 30.3 Å². The van der Waals surface area contributed by atoms with Crippen molar-refractivity contribution in [2.45, 2.75) is 19.6 Å². The topological polar surface area (TPSA) is 17.1 Å². The fourth-order valence-corrected chi connectivity index (χ4v) is 1.11. The van der Waals surface area contributed by atoms with Gasteiger partial charge in [0.25, 0.3) is 0 Å². The van der Waals surface area contributed by atoms with Crippen LogP contribution in [0.1, 0.15) is 17.3 Å². The van der Waals surface area contributed by atoms with Crippen molar-refractivity contribution in [1.82, 2.24) is 0 Å². The van der Waals surface area contributed by atoms with Crippen LogP contribution in [0.4, 0.5) is 0 Å². The van der Waals surface area contributed by atoms with Gasteiger partial charge in [0.05, 0.1) is 0 Å². The Morgan fingerprint density at radius 1 is 1.33 bits per heavy atom. The number of rotatable bonds is 4. The van der Waals surface area contributed by atoms with E-state index in [-0.39, 0.29) is 5.78 Å². The Morgan fingerprint density at radius 3 is 2.58 bits per heavy atom. The van der Waals surface area contributed by atoms with Gasteiger partial charge in [-0.2, -0.15) is 0 Å². The van der Waals surface area contributed by atoms with Crippen molar-refractivity contribution in [3.8, 4) is 0 Å². The van der Waals surface area contributed by atoms with Crippen LogP contribution >= 0.6 is 0 Å². The first-order valence-corrected chi connectivity index (χ1v) is 4.43. The lowest BCUT2D eigenvalue weighted by molar-refractivity contribution is 0.101. The van der Waals surface area contributed by atoms with E-state index in [9.17, 15) is 4.79 Å². The van der Waals surface area contributed by atoms with Crippen LogP contribution in [0.5, 0.6) is 0 Å². The van der Waals surface area contributed by atoms with Crippen LogP contribution in [-0.2, 0) is 0 Å². The average molecular weight is 160 g/mol. The molecule has 2 heteroatoms. The van der Waals surface area contributed by atoms with E-state index in [1.54, 1.807) is 0 Å². The lowest BCUT2D eigenvalue weighted by atomic mass is 9.69. The summed E-state index contributed by atoms with van der Waals surface area (Å²) in [6.07, 6.45) is 1.76. The maximum absolute atomic E-state index is 11.4. The van der Waals surface area contributed by atoms with Gasteiger partial charge in [-0.15, -0.1) is 0 Å². The van der Waals surface area contributed by atoms with Gasteiger partial charge in [0.15, 0.2) is 5.78 Å². The molecule has 1 rings (SSSR count). The molecule has 0 saturated carbocycles. The standard InChI is InChI=1S/C10H13BO/c1-2-11-8-10(12)9-6-4-3-5-7-9/h3-7,11H,2,8H2,1H3. The number of ketones is 1. The van der Waals surface area contributed by atoms with Crippen LogP contribution in [0.2, 0.25) is 12.6 Å². The summed E-state index contributed by atoms with van der Waals surface area (Å²) in [5.41, 5.74) is 0.839. The van der Waals surface area contributed by atoms with Gasteiger partial charge in [0.2, 0.25) is 0 Å². The molecule has 0 saturated heterocycles. The molecule has 0 aromatic heterocycles. The molecule has 0 fully saturated rings. The second-order valence-electron chi connectivity index (χ2n) is 2.89. The van der Waals surface area contributed by atoms with Gasteiger partial charge in [-0.05, 0) is 6.32 Å². The molecule has 0 aliphatic rings. The van der Waals surface area contributed by atoms with Gasteiger partial charge in [0, 0.05) is 5.56 Å². The fraction of sp³-hybridized carbons (Fsp3) is 0.300. The highest BCUT2D eigenvalue weighted by Gasteiger charge is 2.03. The second kappa shape index (κ2) is 4.76. The summed E-state index contributed by atoms with van der Waals surface area (Å²) in [5.74, 6) is 0.262. The van der Waals surface area contributed by atoms with E-state index in [4.69, 9.17) is 0 Å². The van der Waals surface area contributed by atoms with Gasteiger partial charge in [-0.1, -0.05) is 43.6 Å². The fourth-order valence-electron chi connectivity index (χ4n) is 1.11. The van der Waals surface area contributed by atoms with Crippen LogP contribution in [0.25, 0.3) is 0 Å². The zero-order valence-corrected chi connectivity index (χ0v) is 7.42. The Kier molecular flexibility index (Phi) is 3.59. The van der Waals surface area contributed by atoms with Crippen molar-refractivity contribution >= 4 is 13.1 Å². The summed E-state index contributed by atoms with van der Waals surface area (Å²) in [4.78, 5) is 11.4. The molecule has 62 valence electrons. The summed E-state index contributed by atoms with van der Waals surface area (Å²) in [6.45, 7) is 2.10. The molecule has 1 aromatic carbocycles. The largest absolute Gasteiger partial charge is 0.295 e. The van der Waals surface area contributed by atoms with Crippen LogP contribution in [0, 0.1) is 0 Å². The van der Waals surface area contributed by atoms with E-state index < -0.39 is 0 Å². The lowest BCUT2D eigenvalue weighted by Gasteiger charge is -1.96. The minimum atomic E-state index is 0.262. The first-order valence-electron chi connectivity index (χ1n) is 4.43. The quantitative estimate of drug-likeness (QED) is 0.487.